The van der Waals surface area contributed by atoms with Gasteiger partial charge in [0.05, 0.1) is 22.0 Å². The molecular formula is C21H24N2O5S3. The molecule has 2 aliphatic rings. The van der Waals surface area contributed by atoms with Crippen molar-refractivity contribution in [2.45, 2.75) is 34.3 Å². The van der Waals surface area contributed by atoms with Crippen molar-refractivity contribution in [2.24, 2.45) is 0 Å². The van der Waals surface area contributed by atoms with Crippen LogP contribution in [0.5, 0.6) is 0 Å². The van der Waals surface area contributed by atoms with Gasteiger partial charge >= 0.3 is 0 Å². The predicted octanol–water partition coefficient (Wildman–Crippen LogP) is 3.00. The average Bonchev–Trinajstić information content (AvgIpc) is 3.39. The van der Waals surface area contributed by atoms with Gasteiger partial charge in [0, 0.05) is 28.9 Å². The Bertz CT molecular complexity index is 1170. The number of rotatable bonds is 6. The molecule has 0 aliphatic carbocycles. The molecule has 10 heteroatoms. The van der Waals surface area contributed by atoms with Gasteiger partial charge in [0.25, 0.3) is 5.91 Å². The van der Waals surface area contributed by atoms with E-state index in [-0.39, 0.29) is 27.6 Å². The molecule has 7 nitrogen and oxygen atoms in total. The second-order valence-corrected chi connectivity index (χ2v) is 13.2. The van der Waals surface area contributed by atoms with Gasteiger partial charge in [-0.2, -0.15) is 4.31 Å². The first-order chi connectivity index (χ1) is 14.7. The van der Waals surface area contributed by atoms with Crippen LogP contribution in [-0.2, 0) is 19.9 Å². The fourth-order valence-electron chi connectivity index (χ4n) is 3.78. The number of carbonyl (C=O) groups is 1. The van der Waals surface area contributed by atoms with Crippen LogP contribution in [0, 0.1) is 0 Å². The van der Waals surface area contributed by atoms with Crippen LogP contribution < -0.4 is 5.32 Å². The van der Waals surface area contributed by atoms with E-state index in [4.69, 9.17) is 0 Å². The second kappa shape index (κ2) is 8.93. The van der Waals surface area contributed by atoms with E-state index in [2.05, 4.69) is 5.32 Å². The molecule has 166 valence electrons. The predicted molar refractivity (Wildman–Crippen MR) is 122 cm³/mol. The Labute approximate surface area is 187 Å². The minimum absolute atomic E-state index is 0.0611. The highest BCUT2D eigenvalue weighted by molar-refractivity contribution is 8.02. The Morgan fingerprint density at radius 2 is 1.71 bits per heavy atom. The standard InChI is InChI=1S/C21H24N2O5S3/c24-21(19-5-1-2-6-20(19)29-17-11-14-30(25,26)15-17)22-16-7-9-18(10-8-16)31(27,28)23-12-3-4-13-23/h1-2,5-10,17H,3-4,11-15H2,(H,22,24)/t17-/m1/s1. The van der Waals surface area contributed by atoms with E-state index >= 15 is 0 Å². The van der Waals surface area contributed by atoms with Crippen LogP contribution in [0.4, 0.5) is 5.69 Å². The van der Waals surface area contributed by atoms with Crippen LogP contribution in [0.15, 0.2) is 58.3 Å². The molecule has 0 bridgehead atoms. The SMILES string of the molecule is O=C(Nc1ccc(S(=O)(=O)N2CCCC2)cc1)c1ccccc1S[C@@H]1CCS(=O)(=O)C1. The molecule has 2 aromatic rings. The Balaban J connectivity index is 1.46. The van der Waals surface area contributed by atoms with Crippen molar-refractivity contribution in [3.63, 3.8) is 0 Å². The summed E-state index contributed by atoms with van der Waals surface area (Å²) < 4.78 is 50.2. The normalized spacial score (nSPS) is 21.2. The minimum Gasteiger partial charge on any atom is -0.322 e. The van der Waals surface area contributed by atoms with Crippen molar-refractivity contribution in [1.29, 1.82) is 0 Å². The molecule has 0 aromatic heterocycles. The summed E-state index contributed by atoms with van der Waals surface area (Å²) in [5.74, 6) is -0.00848. The lowest BCUT2D eigenvalue weighted by Crippen LogP contribution is -2.27. The molecule has 2 aromatic carbocycles. The van der Waals surface area contributed by atoms with Crippen LogP contribution in [-0.4, -0.2) is 56.9 Å². The molecule has 2 saturated heterocycles. The van der Waals surface area contributed by atoms with Gasteiger partial charge in [-0.15, -0.1) is 11.8 Å². The first-order valence-corrected chi connectivity index (χ1v) is 14.3. The maximum Gasteiger partial charge on any atom is 0.256 e. The van der Waals surface area contributed by atoms with Gasteiger partial charge in [0.1, 0.15) is 0 Å². The molecule has 0 radical (unpaired) electrons. The van der Waals surface area contributed by atoms with Gasteiger partial charge in [-0.3, -0.25) is 4.79 Å². The molecular weight excluding hydrogens is 456 g/mol. The third-order valence-corrected chi connectivity index (χ3v) is 10.7. The molecule has 2 heterocycles. The fourth-order valence-corrected chi connectivity index (χ4v) is 8.92. The Hall–Kier alpha value is -1.88. The van der Waals surface area contributed by atoms with E-state index in [1.165, 1.54) is 28.2 Å². The molecule has 0 unspecified atom stereocenters. The number of carbonyl (C=O) groups excluding carboxylic acids is 1. The number of sulfone groups is 1. The van der Waals surface area contributed by atoms with Crippen molar-refractivity contribution in [2.75, 3.05) is 29.9 Å². The summed E-state index contributed by atoms with van der Waals surface area (Å²) >= 11 is 1.41. The monoisotopic (exact) mass is 480 g/mol. The number of hydrogen-bond acceptors (Lipinski definition) is 6. The summed E-state index contributed by atoms with van der Waals surface area (Å²) in [6, 6.07) is 13.3. The van der Waals surface area contributed by atoms with Gasteiger partial charge in [0.15, 0.2) is 9.84 Å². The zero-order valence-corrected chi connectivity index (χ0v) is 19.3. The summed E-state index contributed by atoms with van der Waals surface area (Å²) in [6.45, 7) is 1.08. The Morgan fingerprint density at radius 3 is 2.35 bits per heavy atom. The second-order valence-electron chi connectivity index (χ2n) is 7.73. The summed E-state index contributed by atoms with van der Waals surface area (Å²) in [6.07, 6.45) is 2.32. The largest absolute Gasteiger partial charge is 0.322 e. The molecule has 0 spiro atoms. The Morgan fingerprint density at radius 1 is 1.03 bits per heavy atom. The van der Waals surface area contributed by atoms with Crippen molar-refractivity contribution in [3.05, 3.63) is 54.1 Å². The molecule has 31 heavy (non-hydrogen) atoms. The van der Waals surface area contributed by atoms with Crippen LogP contribution >= 0.6 is 11.8 Å². The quantitative estimate of drug-likeness (QED) is 0.682. The van der Waals surface area contributed by atoms with E-state index in [0.29, 0.717) is 30.8 Å². The lowest BCUT2D eigenvalue weighted by molar-refractivity contribution is 0.102. The van der Waals surface area contributed by atoms with Gasteiger partial charge in [0.2, 0.25) is 10.0 Å². The van der Waals surface area contributed by atoms with Crippen molar-refractivity contribution < 1.29 is 21.6 Å². The topological polar surface area (TPSA) is 101 Å². The third kappa shape index (κ3) is 5.14. The van der Waals surface area contributed by atoms with Crippen LogP contribution in [0.1, 0.15) is 29.6 Å². The minimum atomic E-state index is -3.50. The number of hydrogen-bond donors (Lipinski definition) is 1. The molecule has 1 N–H and O–H groups in total. The van der Waals surface area contributed by atoms with Crippen LogP contribution in [0.25, 0.3) is 0 Å². The Kier molecular flexibility index (Phi) is 6.43. The molecule has 4 rings (SSSR count). The molecule has 0 saturated carbocycles. The lowest BCUT2D eigenvalue weighted by Gasteiger charge is -2.16. The summed E-state index contributed by atoms with van der Waals surface area (Å²) in [4.78, 5) is 13.8. The fraction of sp³-hybridized carbons (Fsp3) is 0.381. The van der Waals surface area contributed by atoms with E-state index in [1.54, 1.807) is 24.3 Å². The van der Waals surface area contributed by atoms with Crippen LogP contribution in [0.2, 0.25) is 0 Å². The number of thioether (sulfide) groups is 1. The molecule has 1 atom stereocenters. The van der Waals surface area contributed by atoms with E-state index in [9.17, 15) is 21.6 Å². The molecule has 2 fully saturated rings. The van der Waals surface area contributed by atoms with Crippen LogP contribution in [0.3, 0.4) is 0 Å². The first kappa shape index (κ1) is 22.3. The maximum atomic E-state index is 12.9. The van der Waals surface area contributed by atoms with Gasteiger partial charge in [-0.1, -0.05) is 12.1 Å². The summed E-state index contributed by atoms with van der Waals surface area (Å²) in [5, 5.41) is 2.75. The summed E-state index contributed by atoms with van der Waals surface area (Å²) in [5.41, 5.74) is 0.958. The number of benzene rings is 2. The molecule has 1 amide bonds. The number of sulfonamides is 1. The number of anilines is 1. The van der Waals surface area contributed by atoms with E-state index in [0.717, 1.165) is 17.7 Å². The average molecular weight is 481 g/mol. The molecule has 2 aliphatic heterocycles. The maximum absolute atomic E-state index is 12.9. The zero-order chi connectivity index (χ0) is 22.1. The van der Waals surface area contributed by atoms with E-state index < -0.39 is 19.9 Å². The first-order valence-electron chi connectivity index (χ1n) is 10.1. The highest BCUT2D eigenvalue weighted by Crippen LogP contribution is 2.33. The third-order valence-electron chi connectivity index (χ3n) is 5.43. The van der Waals surface area contributed by atoms with Crippen molar-refractivity contribution >= 4 is 43.2 Å². The highest BCUT2D eigenvalue weighted by Gasteiger charge is 2.30. The van der Waals surface area contributed by atoms with E-state index in [1.807, 2.05) is 12.1 Å². The smallest absolute Gasteiger partial charge is 0.256 e. The van der Waals surface area contributed by atoms with Crippen molar-refractivity contribution in [1.82, 2.24) is 4.31 Å². The highest BCUT2D eigenvalue weighted by atomic mass is 32.2. The number of nitrogens with zero attached hydrogens (tertiary/aromatic N) is 1. The zero-order valence-electron chi connectivity index (χ0n) is 16.9. The van der Waals surface area contributed by atoms with Gasteiger partial charge in [-0.05, 0) is 55.7 Å². The van der Waals surface area contributed by atoms with Crippen molar-refractivity contribution in [3.8, 4) is 0 Å². The number of amides is 1. The van der Waals surface area contributed by atoms with Gasteiger partial charge < -0.3 is 5.32 Å². The summed E-state index contributed by atoms with van der Waals surface area (Å²) in [7, 11) is -6.49. The number of nitrogens with one attached hydrogen (secondary N) is 1. The van der Waals surface area contributed by atoms with Gasteiger partial charge in [-0.25, -0.2) is 16.8 Å². The lowest BCUT2D eigenvalue weighted by atomic mass is 10.2.